The van der Waals surface area contributed by atoms with Gasteiger partial charge < -0.3 is 24.2 Å². The molecule has 1 aliphatic carbocycles. The third-order valence-electron chi connectivity index (χ3n) is 5.43. The van der Waals surface area contributed by atoms with Crippen LogP contribution in [0.2, 0.25) is 0 Å². The molecule has 1 N–H and O–H groups in total. The minimum atomic E-state index is -1.55. The van der Waals surface area contributed by atoms with E-state index >= 15 is 0 Å². The minimum absolute atomic E-state index is 0.0482. The number of phenolic OH excluding ortho intramolecular Hbond substituents is 1. The number of nitrogens with zero attached hydrogens (tertiary/aromatic N) is 3. The van der Waals surface area contributed by atoms with Gasteiger partial charge in [-0.3, -0.25) is 14.9 Å². The van der Waals surface area contributed by atoms with Gasteiger partial charge in [-0.25, -0.2) is 9.59 Å². The second-order valence-corrected chi connectivity index (χ2v) is 7.44. The molecule has 1 fully saturated rings. The second-order valence-electron chi connectivity index (χ2n) is 7.44. The van der Waals surface area contributed by atoms with Crippen molar-refractivity contribution in [2.24, 2.45) is 0 Å². The zero-order valence-electron chi connectivity index (χ0n) is 19.0. The minimum Gasteiger partial charge on any atom is -0.499 e. The van der Waals surface area contributed by atoms with E-state index in [9.17, 15) is 34.9 Å². The molecule has 12 nitrogen and oxygen atoms in total. The lowest BCUT2D eigenvalue weighted by molar-refractivity contribution is -0.385. The molecule has 1 aromatic rings. The van der Waals surface area contributed by atoms with E-state index in [1.54, 1.807) is 19.9 Å². The molecule has 12 heteroatoms. The third kappa shape index (κ3) is 5.61. The van der Waals surface area contributed by atoms with Gasteiger partial charge in [-0.2, -0.15) is 5.26 Å². The first-order valence-electron chi connectivity index (χ1n) is 10.5. The van der Waals surface area contributed by atoms with Gasteiger partial charge in [0.2, 0.25) is 11.4 Å². The number of hydrogen-bond donors (Lipinski definition) is 1. The number of nitro benzene ring substituents is 1. The lowest BCUT2D eigenvalue weighted by atomic mass is 10.0. The number of ether oxygens (including phenoxy) is 3. The van der Waals surface area contributed by atoms with E-state index in [1.165, 1.54) is 4.90 Å². The second kappa shape index (κ2) is 11.1. The molecular formula is C22H25N3O9. The van der Waals surface area contributed by atoms with Crippen LogP contribution in [0.25, 0.3) is 6.08 Å². The molecule has 0 aliphatic heterocycles. The van der Waals surface area contributed by atoms with E-state index in [4.69, 9.17) is 14.2 Å². The number of nitriles is 1. The number of nitro groups is 1. The molecule has 1 saturated carbocycles. The SMILES string of the molecule is CCN(CC)C(=O)/C(C#N)=C/c1cc(OC(=O)OC2(C(=O)OC)CCCC2)c(O)c([N+](=O)[O-])c1. The first-order valence-corrected chi connectivity index (χ1v) is 10.5. The number of amides is 1. The first kappa shape index (κ1) is 26.1. The van der Waals surface area contributed by atoms with Gasteiger partial charge in [-0.05, 0) is 57.2 Å². The normalized spacial score (nSPS) is 14.6. The van der Waals surface area contributed by atoms with Crippen molar-refractivity contribution < 1.29 is 38.6 Å². The molecule has 0 radical (unpaired) electrons. The van der Waals surface area contributed by atoms with Crippen molar-refractivity contribution >= 4 is 29.8 Å². The van der Waals surface area contributed by atoms with Crippen LogP contribution >= 0.6 is 0 Å². The molecule has 0 bridgehead atoms. The number of aromatic hydroxyl groups is 1. The molecule has 2 rings (SSSR count). The number of methoxy groups -OCH3 is 1. The van der Waals surface area contributed by atoms with Crippen LogP contribution in [0.4, 0.5) is 10.5 Å². The highest BCUT2D eigenvalue weighted by molar-refractivity contribution is 6.01. The summed E-state index contributed by atoms with van der Waals surface area (Å²) in [5.74, 6) is -2.96. The van der Waals surface area contributed by atoms with Crippen LogP contribution in [-0.4, -0.2) is 58.8 Å². The van der Waals surface area contributed by atoms with E-state index in [-0.39, 0.29) is 24.0 Å². The Labute approximate surface area is 195 Å². The summed E-state index contributed by atoms with van der Waals surface area (Å²) in [5.41, 5.74) is -2.73. The molecule has 0 unspecified atom stereocenters. The molecule has 0 atom stereocenters. The Kier molecular flexibility index (Phi) is 8.55. The maximum Gasteiger partial charge on any atom is 0.515 e. The maximum absolute atomic E-state index is 12.5. The van der Waals surface area contributed by atoms with E-state index in [0.29, 0.717) is 25.9 Å². The van der Waals surface area contributed by atoms with Crippen molar-refractivity contribution in [3.8, 4) is 17.6 Å². The fourth-order valence-corrected chi connectivity index (χ4v) is 3.65. The average molecular weight is 475 g/mol. The fourth-order valence-electron chi connectivity index (χ4n) is 3.65. The Hall–Kier alpha value is -4.14. The maximum atomic E-state index is 12.5. The predicted molar refractivity (Wildman–Crippen MR) is 117 cm³/mol. The standard InChI is InChI=1S/C22H25N3O9/c1-4-24(5-2)19(27)15(13-23)10-14-11-16(25(30)31)18(26)17(12-14)33-21(29)34-22(20(28)32-3)8-6-7-9-22/h10-12,26H,4-9H2,1-3H3/b15-10+. The van der Waals surface area contributed by atoms with Crippen LogP contribution in [-0.2, 0) is 19.1 Å². The summed E-state index contributed by atoms with van der Waals surface area (Å²) in [5, 5.41) is 31.1. The van der Waals surface area contributed by atoms with Crippen molar-refractivity contribution in [3.63, 3.8) is 0 Å². The van der Waals surface area contributed by atoms with Gasteiger partial charge >= 0.3 is 17.8 Å². The number of phenols is 1. The topological polar surface area (TPSA) is 169 Å². The van der Waals surface area contributed by atoms with Crippen LogP contribution in [0.1, 0.15) is 45.1 Å². The van der Waals surface area contributed by atoms with Gasteiger partial charge in [-0.1, -0.05) is 0 Å². The van der Waals surface area contributed by atoms with Crippen LogP contribution in [0.5, 0.6) is 11.5 Å². The molecule has 1 aromatic carbocycles. The highest BCUT2D eigenvalue weighted by atomic mass is 16.7. The highest BCUT2D eigenvalue weighted by Gasteiger charge is 2.47. The van der Waals surface area contributed by atoms with Gasteiger partial charge in [0.05, 0.1) is 12.0 Å². The van der Waals surface area contributed by atoms with Crippen molar-refractivity contribution in [2.45, 2.75) is 45.1 Å². The molecule has 182 valence electrons. The summed E-state index contributed by atoms with van der Waals surface area (Å²) in [7, 11) is 1.15. The molecule has 1 amide bonds. The third-order valence-corrected chi connectivity index (χ3v) is 5.43. The number of rotatable bonds is 8. The molecule has 0 spiro atoms. The van der Waals surface area contributed by atoms with E-state index in [2.05, 4.69) is 0 Å². The highest BCUT2D eigenvalue weighted by Crippen LogP contribution is 2.39. The van der Waals surface area contributed by atoms with Gasteiger partial charge in [0.15, 0.2) is 5.75 Å². The van der Waals surface area contributed by atoms with Crippen LogP contribution < -0.4 is 4.74 Å². The number of benzene rings is 1. The van der Waals surface area contributed by atoms with Crippen molar-refractivity contribution in [3.05, 3.63) is 33.4 Å². The summed E-state index contributed by atoms with van der Waals surface area (Å²) >= 11 is 0. The van der Waals surface area contributed by atoms with Crippen LogP contribution in [0.15, 0.2) is 17.7 Å². The molecule has 0 saturated heterocycles. The van der Waals surface area contributed by atoms with Crippen LogP contribution in [0.3, 0.4) is 0 Å². The van der Waals surface area contributed by atoms with E-state index in [1.807, 2.05) is 0 Å². The summed E-state index contributed by atoms with van der Waals surface area (Å²) in [6, 6.07) is 3.71. The number of hydrogen-bond acceptors (Lipinski definition) is 10. The van der Waals surface area contributed by atoms with E-state index < -0.39 is 45.7 Å². The number of carbonyl (C=O) groups is 3. The van der Waals surface area contributed by atoms with Gasteiger partial charge in [0, 0.05) is 19.2 Å². The predicted octanol–water partition coefficient (Wildman–Crippen LogP) is 3.08. The molecule has 1 aliphatic rings. The molecule has 34 heavy (non-hydrogen) atoms. The summed E-state index contributed by atoms with van der Waals surface area (Å²) < 4.78 is 14.9. The Balaban J connectivity index is 2.42. The summed E-state index contributed by atoms with van der Waals surface area (Å²) in [6.07, 6.45) is 1.34. The van der Waals surface area contributed by atoms with Crippen molar-refractivity contribution in [1.82, 2.24) is 4.90 Å². The van der Waals surface area contributed by atoms with Gasteiger partial charge in [0.1, 0.15) is 11.6 Å². The molecular weight excluding hydrogens is 450 g/mol. The van der Waals surface area contributed by atoms with Crippen LogP contribution in [0, 0.1) is 21.4 Å². The smallest absolute Gasteiger partial charge is 0.499 e. The quantitative estimate of drug-likeness (QED) is 0.147. The Morgan fingerprint density at radius 2 is 1.88 bits per heavy atom. The number of esters is 1. The van der Waals surface area contributed by atoms with Gasteiger partial charge in [-0.15, -0.1) is 0 Å². The fraction of sp³-hybridized carbons (Fsp3) is 0.455. The summed E-state index contributed by atoms with van der Waals surface area (Å²) in [6.45, 7) is 4.13. The Morgan fingerprint density at radius 1 is 1.26 bits per heavy atom. The molecule has 0 heterocycles. The zero-order chi connectivity index (χ0) is 25.5. The lowest BCUT2D eigenvalue weighted by Gasteiger charge is -2.25. The lowest BCUT2D eigenvalue weighted by Crippen LogP contribution is -2.42. The summed E-state index contributed by atoms with van der Waals surface area (Å²) in [4.78, 5) is 49.0. The van der Waals surface area contributed by atoms with Crippen molar-refractivity contribution in [1.29, 1.82) is 5.26 Å². The zero-order valence-corrected chi connectivity index (χ0v) is 19.0. The Morgan fingerprint density at radius 3 is 2.38 bits per heavy atom. The first-order chi connectivity index (χ1) is 16.1. The van der Waals surface area contributed by atoms with Gasteiger partial charge in [0.25, 0.3) is 5.91 Å². The molecule has 0 aromatic heterocycles. The monoisotopic (exact) mass is 475 g/mol. The Bertz CT molecular complexity index is 1050. The largest absolute Gasteiger partial charge is 0.515 e. The average Bonchev–Trinajstić information content (AvgIpc) is 3.28. The number of likely N-dealkylation sites (N-methyl/N-ethyl adjacent to an activating group) is 1. The van der Waals surface area contributed by atoms with E-state index in [0.717, 1.165) is 25.3 Å². The van der Waals surface area contributed by atoms with Crippen molar-refractivity contribution in [2.75, 3.05) is 20.2 Å². The number of carbonyl (C=O) groups excluding carboxylic acids is 3.